The van der Waals surface area contributed by atoms with Crippen molar-refractivity contribution >= 4 is 29.4 Å². The Hall–Kier alpha value is -6.23. The highest BCUT2D eigenvalue weighted by Crippen LogP contribution is 2.37. The third kappa shape index (κ3) is 8.16. The molecule has 1 unspecified atom stereocenters. The lowest BCUT2D eigenvalue weighted by molar-refractivity contribution is -0.148. The number of hydrogen-bond acceptors (Lipinski definition) is 7. The van der Waals surface area contributed by atoms with E-state index in [4.69, 9.17) is 9.82 Å². The van der Waals surface area contributed by atoms with E-state index >= 15 is 0 Å². The summed E-state index contributed by atoms with van der Waals surface area (Å²) in [5.74, 6) is -0.988. The van der Waals surface area contributed by atoms with E-state index in [1.807, 2.05) is 60.7 Å². The summed E-state index contributed by atoms with van der Waals surface area (Å²) in [6.07, 6.45) is 2.98. The minimum atomic E-state index is -1.06. The number of aromatic nitrogens is 2. The summed E-state index contributed by atoms with van der Waals surface area (Å²) in [5.41, 5.74) is 7.55. The van der Waals surface area contributed by atoms with Crippen molar-refractivity contribution in [1.82, 2.24) is 15.3 Å². The Balaban J connectivity index is 1.24. The van der Waals surface area contributed by atoms with Crippen LogP contribution in [0.5, 0.6) is 5.75 Å². The van der Waals surface area contributed by atoms with Crippen LogP contribution in [-0.2, 0) is 20.8 Å². The van der Waals surface area contributed by atoms with Crippen molar-refractivity contribution in [3.05, 3.63) is 120 Å². The number of amides is 1. The topological polar surface area (TPSA) is 140 Å². The highest BCUT2D eigenvalue weighted by atomic mass is 19.1. The molecule has 4 N–H and O–H groups in total. The molecule has 1 amide bonds. The number of nitrogens with zero attached hydrogens (tertiary/aromatic N) is 3. The molecule has 5 aromatic rings. The standard InChI is InChI=1S/C40H38FN5O5/c1-3-46(4-2)31-18-19-32(34(47)23-31)39-43-37(38(44-39)29-14-12-27(13-15-29)33-24-35(40(49)50)51-45-33)28-10-5-25(6-11-28)9-20-36(48)42-22-21-26-7-16-30(41)17-8-26/h5-20,23,35,47H,3-4,21-22,24H2,1-2H3,(H,42,48)(H,43,44)(H,49,50)/b20-9+. The van der Waals surface area contributed by atoms with Crippen LogP contribution in [0.25, 0.3) is 40.0 Å². The molecular formula is C40H38FN5O5. The van der Waals surface area contributed by atoms with Crippen LogP contribution in [0.1, 0.15) is 37.0 Å². The van der Waals surface area contributed by atoms with Gasteiger partial charge in [-0.3, -0.25) is 4.79 Å². The molecule has 260 valence electrons. The number of carbonyl (C=O) groups is 2. The Labute approximate surface area is 294 Å². The molecular weight excluding hydrogens is 649 g/mol. The van der Waals surface area contributed by atoms with E-state index < -0.39 is 12.1 Å². The third-order valence-electron chi connectivity index (χ3n) is 8.76. The van der Waals surface area contributed by atoms with Crippen LogP contribution in [0.15, 0.2) is 102 Å². The second kappa shape index (κ2) is 15.5. The number of halogens is 1. The van der Waals surface area contributed by atoms with Gasteiger partial charge in [-0.05, 0) is 67.3 Å². The maximum Gasteiger partial charge on any atom is 0.348 e. The SMILES string of the molecule is CCN(CC)c1ccc(-c2nc(-c3ccc(C4=NOC(C(=O)O)C4)cc3)c(-c3ccc(/C=C/C(=O)NCCc4ccc(F)cc4)cc3)[nH]2)c(O)c1. The fourth-order valence-corrected chi connectivity index (χ4v) is 5.90. The molecule has 1 aliphatic heterocycles. The number of phenols is 1. The molecule has 2 heterocycles. The maximum absolute atomic E-state index is 13.1. The molecule has 0 bridgehead atoms. The number of imidazole rings is 1. The Bertz CT molecular complexity index is 2070. The van der Waals surface area contributed by atoms with E-state index in [1.54, 1.807) is 24.3 Å². The van der Waals surface area contributed by atoms with Crippen molar-refractivity contribution in [3.63, 3.8) is 0 Å². The highest BCUT2D eigenvalue weighted by molar-refractivity contribution is 6.03. The molecule has 4 aromatic carbocycles. The van der Waals surface area contributed by atoms with E-state index in [2.05, 4.69) is 34.2 Å². The van der Waals surface area contributed by atoms with Gasteiger partial charge in [0.2, 0.25) is 12.0 Å². The Morgan fingerprint density at radius 2 is 1.65 bits per heavy atom. The van der Waals surface area contributed by atoms with Crippen molar-refractivity contribution < 1.29 is 29.0 Å². The summed E-state index contributed by atoms with van der Waals surface area (Å²) >= 11 is 0. The number of carboxylic acid groups (broad SMARTS) is 1. The predicted octanol–water partition coefficient (Wildman–Crippen LogP) is 7.05. The Kier molecular flexibility index (Phi) is 10.6. The molecule has 0 fully saturated rings. The number of carboxylic acids is 1. The summed E-state index contributed by atoms with van der Waals surface area (Å²) in [6, 6.07) is 26.9. The van der Waals surface area contributed by atoms with E-state index in [9.17, 15) is 24.2 Å². The summed E-state index contributed by atoms with van der Waals surface area (Å²) in [7, 11) is 0. The fraction of sp³-hybridized carbons (Fsp3) is 0.200. The lowest BCUT2D eigenvalue weighted by atomic mass is 10.00. The first kappa shape index (κ1) is 34.6. The minimum Gasteiger partial charge on any atom is -0.507 e. The van der Waals surface area contributed by atoms with Crippen molar-refractivity contribution in [1.29, 1.82) is 0 Å². The van der Waals surface area contributed by atoms with Crippen LogP contribution < -0.4 is 10.2 Å². The van der Waals surface area contributed by atoms with Crippen LogP contribution in [0, 0.1) is 5.82 Å². The number of oxime groups is 1. The zero-order chi connectivity index (χ0) is 35.9. The van der Waals surface area contributed by atoms with Gasteiger partial charge in [0.25, 0.3) is 0 Å². The number of benzene rings is 4. The number of rotatable bonds is 13. The summed E-state index contributed by atoms with van der Waals surface area (Å²) < 4.78 is 13.1. The average molecular weight is 688 g/mol. The number of aliphatic carboxylic acids is 1. The number of hydrogen-bond donors (Lipinski definition) is 4. The van der Waals surface area contributed by atoms with E-state index in [-0.39, 0.29) is 23.9 Å². The zero-order valence-corrected chi connectivity index (χ0v) is 28.3. The number of anilines is 1. The van der Waals surface area contributed by atoms with Crippen molar-refractivity contribution in [2.45, 2.75) is 32.8 Å². The number of carbonyl (C=O) groups excluding carboxylic acids is 1. The van der Waals surface area contributed by atoms with Gasteiger partial charge in [0, 0.05) is 55.0 Å². The average Bonchev–Trinajstić information content (AvgIpc) is 3.82. The monoisotopic (exact) mass is 687 g/mol. The Morgan fingerprint density at radius 3 is 2.29 bits per heavy atom. The normalized spacial score (nSPS) is 13.9. The Morgan fingerprint density at radius 1 is 0.961 bits per heavy atom. The number of nitrogens with one attached hydrogen (secondary N) is 2. The number of H-pyrrole nitrogens is 1. The van der Waals surface area contributed by atoms with Crippen molar-refractivity contribution in [2.75, 3.05) is 24.5 Å². The second-order valence-corrected chi connectivity index (χ2v) is 12.1. The van der Waals surface area contributed by atoms with Crippen molar-refractivity contribution in [2.24, 2.45) is 5.16 Å². The molecule has 51 heavy (non-hydrogen) atoms. The van der Waals surface area contributed by atoms with Crippen LogP contribution >= 0.6 is 0 Å². The number of aromatic amines is 1. The smallest absolute Gasteiger partial charge is 0.348 e. The van der Waals surface area contributed by atoms with Crippen LogP contribution in [0.4, 0.5) is 10.1 Å². The van der Waals surface area contributed by atoms with Gasteiger partial charge in [0.15, 0.2) is 0 Å². The molecule has 6 rings (SSSR count). The van der Waals surface area contributed by atoms with E-state index in [1.165, 1.54) is 18.2 Å². The lowest BCUT2D eigenvalue weighted by Gasteiger charge is -2.21. The van der Waals surface area contributed by atoms with Crippen LogP contribution in [0.2, 0.25) is 0 Å². The molecule has 1 aromatic heterocycles. The largest absolute Gasteiger partial charge is 0.507 e. The van der Waals surface area contributed by atoms with Crippen LogP contribution in [0.3, 0.4) is 0 Å². The molecule has 0 saturated heterocycles. The first-order valence-electron chi connectivity index (χ1n) is 16.8. The maximum atomic E-state index is 13.1. The molecule has 11 heteroatoms. The van der Waals surface area contributed by atoms with Gasteiger partial charge in [-0.25, -0.2) is 14.2 Å². The molecule has 10 nitrogen and oxygen atoms in total. The van der Waals surface area contributed by atoms with Gasteiger partial charge in [-0.15, -0.1) is 0 Å². The van der Waals surface area contributed by atoms with E-state index in [0.717, 1.165) is 52.3 Å². The van der Waals surface area contributed by atoms with Gasteiger partial charge in [0.1, 0.15) is 17.4 Å². The van der Waals surface area contributed by atoms with Gasteiger partial charge < -0.3 is 30.3 Å². The van der Waals surface area contributed by atoms with Gasteiger partial charge in [-0.2, -0.15) is 0 Å². The lowest BCUT2D eigenvalue weighted by Crippen LogP contribution is -2.23. The highest BCUT2D eigenvalue weighted by Gasteiger charge is 2.28. The van der Waals surface area contributed by atoms with Gasteiger partial charge >= 0.3 is 5.97 Å². The fourth-order valence-electron chi connectivity index (χ4n) is 5.90. The predicted molar refractivity (Wildman–Crippen MR) is 196 cm³/mol. The number of phenolic OH excluding ortho intramolecular Hbond substituents is 1. The molecule has 0 saturated carbocycles. The van der Waals surface area contributed by atoms with Crippen LogP contribution in [-0.4, -0.2) is 63.5 Å². The quantitative estimate of drug-likeness (QED) is 0.0973. The summed E-state index contributed by atoms with van der Waals surface area (Å²) in [6.45, 7) is 6.18. The first-order valence-corrected chi connectivity index (χ1v) is 16.8. The van der Waals surface area contributed by atoms with E-state index in [0.29, 0.717) is 35.8 Å². The minimum absolute atomic E-state index is 0.102. The molecule has 0 aliphatic carbocycles. The van der Waals surface area contributed by atoms with Gasteiger partial charge in [0.05, 0.1) is 22.7 Å². The second-order valence-electron chi connectivity index (χ2n) is 12.1. The number of aromatic hydroxyl groups is 1. The zero-order valence-electron chi connectivity index (χ0n) is 28.3. The van der Waals surface area contributed by atoms with Gasteiger partial charge in [-0.1, -0.05) is 65.8 Å². The summed E-state index contributed by atoms with van der Waals surface area (Å²) in [5, 5.41) is 27.2. The third-order valence-corrected chi connectivity index (χ3v) is 8.76. The van der Waals surface area contributed by atoms with Crippen molar-refractivity contribution in [3.8, 4) is 39.7 Å². The summed E-state index contributed by atoms with van der Waals surface area (Å²) in [4.78, 5) is 39.4. The molecule has 1 atom stereocenters. The molecule has 0 spiro atoms. The molecule has 0 radical (unpaired) electrons. The molecule has 1 aliphatic rings. The first-order chi connectivity index (χ1) is 24.7.